The lowest BCUT2D eigenvalue weighted by Crippen LogP contribution is -2.25. The van der Waals surface area contributed by atoms with Crippen LogP contribution in [0.1, 0.15) is 42.4 Å². The molecular formula is C20H24BrNO. The van der Waals surface area contributed by atoms with Gasteiger partial charge in [0.05, 0.1) is 0 Å². The molecule has 2 aromatic rings. The molecule has 2 aromatic carbocycles. The summed E-state index contributed by atoms with van der Waals surface area (Å²) in [5.41, 5.74) is 3.74. The number of hydrogen-bond donors (Lipinski definition) is 1. The molecule has 1 N–H and O–H groups in total. The Labute approximate surface area is 147 Å². The van der Waals surface area contributed by atoms with E-state index in [1.807, 2.05) is 6.07 Å². The van der Waals surface area contributed by atoms with E-state index >= 15 is 0 Å². The van der Waals surface area contributed by atoms with Crippen molar-refractivity contribution in [1.82, 2.24) is 5.32 Å². The zero-order chi connectivity index (χ0) is 16.1. The van der Waals surface area contributed by atoms with Gasteiger partial charge in [0.25, 0.3) is 0 Å². The summed E-state index contributed by atoms with van der Waals surface area (Å²) >= 11 is 3.57. The van der Waals surface area contributed by atoms with Gasteiger partial charge in [-0.3, -0.25) is 0 Å². The first kappa shape index (κ1) is 16.5. The van der Waals surface area contributed by atoms with Crippen molar-refractivity contribution in [2.45, 2.75) is 51.8 Å². The average molecular weight is 374 g/mol. The zero-order valence-electron chi connectivity index (χ0n) is 13.6. The van der Waals surface area contributed by atoms with Crippen molar-refractivity contribution in [1.29, 1.82) is 0 Å². The number of hydrogen-bond acceptors (Lipinski definition) is 2. The van der Waals surface area contributed by atoms with E-state index in [-0.39, 0.29) is 0 Å². The van der Waals surface area contributed by atoms with Gasteiger partial charge in [-0.25, -0.2) is 0 Å². The predicted molar refractivity (Wildman–Crippen MR) is 98.7 cm³/mol. The van der Waals surface area contributed by atoms with E-state index in [9.17, 15) is 0 Å². The summed E-state index contributed by atoms with van der Waals surface area (Å²) < 4.78 is 7.21. The molecule has 3 rings (SSSR count). The molecule has 0 bridgehead atoms. The van der Waals surface area contributed by atoms with Crippen LogP contribution in [-0.2, 0) is 13.2 Å². The van der Waals surface area contributed by atoms with Gasteiger partial charge in [0.15, 0.2) is 0 Å². The van der Waals surface area contributed by atoms with Crippen molar-refractivity contribution in [3.05, 3.63) is 63.6 Å². The van der Waals surface area contributed by atoms with Gasteiger partial charge >= 0.3 is 0 Å². The summed E-state index contributed by atoms with van der Waals surface area (Å²) in [7, 11) is 0. The Balaban J connectivity index is 1.67. The van der Waals surface area contributed by atoms with Crippen LogP contribution in [0.2, 0.25) is 0 Å². The molecule has 23 heavy (non-hydrogen) atoms. The summed E-state index contributed by atoms with van der Waals surface area (Å²) in [5.74, 6) is 0.974. The minimum absolute atomic E-state index is 0.616. The third kappa shape index (κ3) is 4.58. The van der Waals surface area contributed by atoms with Gasteiger partial charge in [-0.15, -0.1) is 0 Å². The van der Waals surface area contributed by atoms with Crippen molar-refractivity contribution in [2.75, 3.05) is 0 Å². The molecule has 0 saturated heterocycles. The number of benzene rings is 2. The molecule has 3 heteroatoms. The van der Waals surface area contributed by atoms with Gasteiger partial charge in [0.1, 0.15) is 12.4 Å². The Bertz CT molecular complexity index is 650. The SMILES string of the molecule is Cc1ccccc1COc1ccc(Br)cc1CNC1CCCC1. The Hall–Kier alpha value is -1.32. The van der Waals surface area contributed by atoms with Crippen molar-refractivity contribution in [2.24, 2.45) is 0 Å². The maximum Gasteiger partial charge on any atom is 0.124 e. The lowest BCUT2D eigenvalue weighted by Gasteiger charge is -2.16. The minimum atomic E-state index is 0.616. The summed E-state index contributed by atoms with van der Waals surface area (Å²) in [6, 6.07) is 15.3. The van der Waals surface area contributed by atoms with Crippen LogP contribution >= 0.6 is 15.9 Å². The fourth-order valence-electron chi connectivity index (χ4n) is 3.14. The van der Waals surface area contributed by atoms with Crippen LogP contribution in [0.4, 0.5) is 0 Å². The highest BCUT2D eigenvalue weighted by atomic mass is 79.9. The first-order chi connectivity index (χ1) is 11.2. The molecule has 0 spiro atoms. The Morgan fingerprint density at radius 3 is 2.65 bits per heavy atom. The minimum Gasteiger partial charge on any atom is -0.489 e. The Morgan fingerprint density at radius 2 is 1.87 bits per heavy atom. The standard InChI is InChI=1S/C20H24BrNO/c1-15-6-2-3-7-16(15)14-23-20-11-10-18(21)12-17(20)13-22-19-8-4-5-9-19/h2-3,6-7,10-12,19,22H,4-5,8-9,13-14H2,1H3. The van der Waals surface area contributed by atoms with Crippen molar-refractivity contribution >= 4 is 15.9 Å². The molecule has 1 aliphatic rings. The Morgan fingerprint density at radius 1 is 1.09 bits per heavy atom. The van der Waals surface area contributed by atoms with Crippen LogP contribution in [-0.4, -0.2) is 6.04 Å². The monoisotopic (exact) mass is 373 g/mol. The molecular weight excluding hydrogens is 350 g/mol. The van der Waals surface area contributed by atoms with E-state index in [0.29, 0.717) is 12.6 Å². The fourth-order valence-corrected chi connectivity index (χ4v) is 3.55. The van der Waals surface area contributed by atoms with Crippen molar-refractivity contribution < 1.29 is 4.74 Å². The number of nitrogens with one attached hydrogen (secondary N) is 1. The second-order valence-corrected chi connectivity index (χ2v) is 7.25. The molecule has 0 radical (unpaired) electrons. The van der Waals surface area contributed by atoms with E-state index in [2.05, 4.69) is 64.6 Å². The van der Waals surface area contributed by atoms with Crippen molar-refractivity contribution in [3.8, 4) is 5.75 Å². The van der Waals surface area contributed by atoms with Gasteiger partial charge in [-0.1, -0.05) is 53.0 Å². The lowest BCUT2D eigenvalue weighted by molar-refractivity contribution is 0.300. The zero-order valence-corrected chi connectivity index (χ0v) is 15.2. The molecule has 0 aliphatic heterocycles. The van der Waals surface area contributed by atoms with E-state index in [0.717, 1.165) is 16.8 Å². The first-order valence-corrected chi connectivity index (χ1v) is 9.21. The highest BCUT2D eigenvalue weighted by Crippen LogP contribution is 2.26. The second-order valence-electron chi connectivity index (χ2n) is 6.33. The summed E-state index contributed by atoms with van der Waals surface area (Å²) in [5, 5.41) is 3.67. The van der Waals surface area contributed by atoms with Crippen LogP contribution in [0.5, 0.6) is 5.75 Å². The van der Waals surface area contributed by atoms with Crippen LogP contribution in [0.3, 0.4) is 0 Å². The molecule has 0 amide bonds. The first-order valence-electron chi connectivity index (χ1n) is 8.41. The third-order valence-corrected chi connectivity index (χ3v) is 5.10. The van der Waals surface area contributed by atoms with E-state index in [1.165, 1.54) is 42.4 Å². The highest BCUT2D eigenvalue weighted by molar-refractivity contribution is 9.10. The van der Waals surface area contributed by atoms with E-state index in [1.54, 1.807) is 0 Å². The number of ether oxygens (including phenoxy) is 1. The molecule has 1 saturated carbocycles. The molecule has 0 unspecified atom stereocenters. The quantitative estimate of drug-likeness (QED) is 0.734. The molecule has 1 fully saturated rings. The molecule has 0 atom stereocenters. The highest BCUT2D eigenvalue weighted by Gasteiger charge is 2.15. The van der Waals surface area contributed by atoms with Gasteiger partial charge in [0, 0.05) is 22.6 Å². The number of halogens is 1. The third-order valence-electron chi connectivity index (χ3n) is 4.60. The number of rotatable bonds is 6. The van der Waals surface area contributed by atoms with E-state index < -0.39 is 0 Å². The summed E-state index contributed by atoms with van der Waals surface area (Å²) in [6.07, 6.45) is 5.31. The molecule has 122 valence electrons. The smallest absolute Gasteiger partial charge is 0.124 e. The summed E-state index contributed by atoms with van der Waals surface area (Å²) in [6.45, 7) is 3.61. The maximum absolute atomic E-state index is 6.11. The van der Waals surface area contributed by atoms with Crippen molar-refractivity contribution in [3.63, 3.8) is 0 Å². The van der Waals surface area contributed by atoms with Gasteiger partial charge in [-0.05, 0) is 49.1 Å². The van der Waals surface area contributed by atoms with E-state index in [4.69, 9.17) is 4.74 Å². The van der Waals surface area contributed by atoms with Crippen LogP contribution in [0.25, 0.3) is 0 Å². The maximum atomic E-state index is 6.11. The molecule has 1 aliphatic carbocycles. The van der Waals surface area contributed by atoms with Gasteiger partial charge in [-0.2, -0.15) is 0 Å². The van der Waals surface area contributed by atoms with Gasteiger partial charge < -0.3 is 10.1 Å². The largest absolute Gasteiger partial charge is 0.489 e. The molecule has 2 nitrogen and oxygen atoms in total. The van der Waals surface area contributed by atoms with Gasteiger partial charge in [0.2, 0.25) is 0 Å². The topological polar surface area (TPSA) is 21.3 Å². The van der Waals surface area contributed by atoms with Crippen LogP contribution in [0.15, 0.2) is 46.9 Å². The normalized spacial score (nSPS) is 15.0. The average Bonchev–Trinajstić information content (AvgIpc) is 3.07. The van der Waals surface area contributed by atoms with Crippen LogP contribution < -0.4 is 10.1 Å². The number of aryl methyl sites for hydroxylation is 1. The second kappa shape index (κ2) is 7.98. The Kier molecular flexibility index (Phi) is 5.74. The molecule has 0 aromatic heterocycles. The predicted octanol–water partition coefficient (Wildman–Crippen LogP) is 5.37. The lowest BCUT2D eigenvalue weighted by atomic mass is 10.1. The molecule has 0 heterocycles. The van der Waals surface area contributed by atoms with Crippen LogP contribution in [0, 0.1) is 6.92 Å². The summed E-state index contributed by atoms with van der Waals surface area (Å²) in [4.78, 5) is 0. The fraction of sp³-hybridized carbons (Fsp3) is 0.400.